The average Bonchev–Trinajstić information content (AvgIpc) is 2.86. The number of nitrogens with zero attached hydrogens (tertiary/aromatic N) is 1. The standard InChI is InChI=1S/C12H16N2O5/c15-9-3-1-2-8(6-9)7-13-12(16)10-4-5-11(19-10)14(17)18/h4-5,8-9,15H,1-3,6-7H2,(H,13,16). The van der Waals surface area contributed by atoms with Crippen LogP contribution in [0.4, 0.5) is 5.88 Å². The lowest BCUT2D eigenvalue weighted by molar-refractivity contribution is -0.402. The van der Waals surface area contributed by atoms with E-state index < -0.39 is 16.7 Å². The molecule has 104 valence electrons. The van der Waals surface area contributed by atoms with Crippen molar-refractivity contribution in [3.8, 4) is 0 Å². The van der Waals surface area contributed by atoms with Crippen LogP contribution in [0.2, 0.25) is 0 Å². The van der Waals surface area contributed by atoms with Crippen LogP contribution >= 0.6 is 0 Å². The van der Waals surface area contributed by atoms with Gasteiger partial charge in [0.2, 0.25) is 0 Å². The van der Waals surface area contributed by atoms with Crippen molar-refractivity contribution in [2.75, 3.05) is 6.54 Å². The Kier molecular flexibility index (Phi) is 4.16. The molecule has 1 saturated carbocycles. The number of carbonyl (C=O) groups excluding carboxylic acids is 1. The zero-order valence-corrected chi connectivity index (χ0v) is 10.4. The minimum Gasteiger partial charge on any atom is -0.395 e. The highest BCUT2D eigenvalue weighted by Gasteiger charge is 2.22. The van der Waals surface area contributed by atoms with Gasteiger partial charge in [-0.25, -0.2) is 0 Å². The molecule has 0 radical (unpaired) electrons. The van der Waals surface area contributed by atoms with Gasteiger partial charge < -0.3 is 14.8 Å². The van der Waals surface area contributed by atoms with Gasteiger partial charge in [-0.2, -0.15) is 0 Å². The van der Waals surface area contributed by atoms with Crippen molar-refractivity contribution >= 4 is 11.8 Å². The summed E-state index contributed by atoms with van der Waals surface area (Å²) in [6.45, 7) is 0.449. The molecular formula is C12H16N2O5. The first kappa shape index (κ1) is 13.5. The molecule has 2 N–H and O–H groups in total. The summed E-state index contributed by atoms with van der Waals surface area (Å²) in [4.78, 5) is 21.5. The van der Waals surface area contributed by atoms with Crippen LogP contribution in [-0.2, 0) is 0 Å². The van der Waals surface area contributed by atoms with Crippen molar-refractivity contribution in [3.63, 3.8) is 0 Å². The molecule has 7 heteroatoms. The predicted molar refractivity (Wildman–Crippen MR) is 65.7 cm³/mol. The number of rotatable bonds is 4. The van der Waals surface area contributed by atoms with Gasteiger partial charge in [-0.1, -0.05) is 6.42 Å². The summed E-state index contributed by atoms with van der Waals surface area (Å²) in [5.74, 6) is -0.730. The highest BCUT2D eigenvalue weighted by Crippen LogP contribution is 2.23. The van der Waals surface area contributed by atoms with Crippen molar-refractivity contribution in [3.05, 3.63) is 28.0 Å². The maximum atomic E-state index is 11.7. The summed E-state index contributed by atoms with van der Waals surface area (Å²) in [6.07, 6.45) is 3.12. The molecule has 1 heterocycles. The van der Waals surface area contributed by atoms with Gasteiger partial charge in [-0.3, -0.25) is 14.9 Å². The second-order valence-corrected chi connectivity index (χ2v) is 4.79. The Bertz CT molecular complexity index is 470. The van der Waals surface area contributed by atoms with Crippen LogP contribution in [0.5, 0.6) is 0 Å². The second-order valence-electron chi connectivity index (χ2n) is 4.79. The van der Waals surface area contributed by atoms with Crippen molar-refractivity contribution in [2.45, 2.75) is 31.8 Å². The number of aliphatic hydroxyl groups excluding tert-OH is 1. The van der Waals surface area contributed by atoms with Crippen LogP contribution in [0.15, 0.2) is 16.5 Å². The van der Waals surface area contributed by atoms with Gasteiger partial charge in [-0.15, -0.1) is 0 Å². The second kappa shape index (κ2) is 5.83. The summed E-state index contributed by atoms with van der Waals surface area (Å²) in [5.41, 5.74) is 0. The van der Waals surface area contributed by atoms with E-state index in [0.717, 1.165) is 25.3 Å². The summed E-state index contributed by atoms with van der Waals surface area (Å²) in [5, 5.41) is 22.6. The molecule has 1 amide bonds. The van der Waals surface area contributed by atoms with Crippen LogP contribution in [-0.4, -0.2) is 28.6 Å². The van der Waals surface area contributed by atoms with Gasteiger partial charge in [0.15, 0.2) is 5.76 Å². The van der Waals surface area contributed by atoms with Crippen LogP contribution in [0.25, 0.3) is 0 Å². The minimum absolute atomic E-state index is 0.0666. The Morgan fingerprint density at radius 3 is 2.95 bits per heavy atom. The molecular weight excluding hydrogens is 252 g/mol. The Hall–Kier alpha value is -1.89. The smallest absolute Gasteiger partial charge is 0.395 e. The third-order valence-electron chi connectivity index (χ3n) is 3.30. The molecule has 1 aliphatic rings. The number of nitrogens with one attached hydrogen (secondary N) is 1. The maximum Gasteiger partial charge on any atom is 0.433 e. The van der Waals surface area contributed by atoms with Crippen LogP contribution in [0, 0.1) is 16.0 Å². The predicted octanol–water partition coefficient (Wildman–Crippen LogP) is 1.47. The molecule has 2 unspecified atom stereocenters. The summed E-state index contributed by atoms with van der Waals surface area (Å²) in [6, 6.07) is 2.43. The minimum atomic E-state index is -0.686. The molecule has 0 saturated heterocycles. The topological polar surface area (TPSA) is 106 Å². The number of hydrogen-bond acceptors (Lipinski definition) is 5. The lowest BCUT2D eigenvalue weighted by Gasteiger charge is -2.25. The first-order valence-corrected chi connectivity index (χ1v) is 6.26. The molecule has 2 rings (SSSR count). The van der Waals surface area contributed by atoms with Gasteiger partial charge in [0.25, 0.3) is 5.91 Å². The van der Waals surface area contributed by atoms with E-state index in [0.29, 0.717) is 13.0 Å². The molecule has 0 aromatic carbocycles. The number of carbonyl (C=O) groups is 1. The highest BCUT2D eigenvalue weighted by molar-refractivity contribution is 5.91. The van der Waals surface area contributed by atoms with Gasteiger partial charge in [0.05, 0.1) is 12.2 Å². The van der Waals surface area contributed by atoms with E-state index in [1.54, 1.807) is 0 Å². The van der Waals surface area contributed by atoms with Crippen molar-refractivity contribution in [1.29, 1.82) is 0 Å². The van der Waals surface area contributed by atoms with Crippen molar-refractivity contribution in [1.82, 2.24) is 5.32 Å². The SMILES string of the molecule is O=C(NCC1CCCC(O)C1)c1ccc([N+](=O)[O-])o1. The van der Waals surface area contributed by atoms with Crippen LogP contribution in [0.3, 0.4) is 0 Å². The monoisotopic (exact) mass is 268 g/mol. The van der Waals surface area contributed by atoms with Gasteiger partial charge in [0, 0.05) is 6.54 Å². The molecule has 1 aromatic heterocycles. The van der Waals surface area contributed by atoms with Gasteiger partial charge in [-0.05, 0) is 31.2 Å². The lowest BCUT2D eigenvalue weighted by atomic mass is 9.87. The van der Waals surface area contributed by atoms with E-state index in [2.05, 4.69) is 5.32 Å². The normalized spacial score (nSPS) is 23.0. The Morgan fingerprint density at radius 2 is 2.32 bits per heavy atom. The Morgan fingerprint density at radius 1 is 1.53 bits per heavy atom. The third-order valence-corrected chi connectivity index (χ3v) is 3.30. The van der Waals surface area contributed by atoms with Crippen molar-refractivity contribution < 1.29 is 19.2 Å². The molecule has 19 heavy (non-hydrogen) atoms. The first-order valence-electron chi connectivity index (χ1n) is 6.26. The quantitative estimate of drug-likeness (QED) is 0.635. The molecule has 0 bridgehead atoms. The number of furan rings is 1. The zero-order valence-electron chi connectivity index (χ0n) is 10.4. The first-order chi connectivity index (χ1) is 9.06. The van der Waals surface area contributed by atoms with E-state index in [1.807, 2.05) is 0 Å². The number of hydrogen-bond donors (Lipinski definition) is 2. The third kappa shape index (κ3) is 3.54. The fraction of sp³-hybridized carbons (Fsp3) is 0.583. The van der Waals surface area contributed by atoms with E-state index in [1.165, 1.54) is 6.07 Å². The van der Waals surface area contributed by atoms with E-state index in [9.17, 15) is 20.0 Å². The molecule has 1 aliphatic carbocycles. The highest BCUT2D eigenvalue weighted by atomic mass is 16.6. The fourth-order valence-corrected chi connectivity index (χ4v) is 2.32. The number of aliphatic hydroxyl groups is 1. The molecule has 0 aliphatic heterocycles. The molecule has 7 nitrogen and oxygen atoms in total. The van der Waals surface area contributed by atoms with Gasteiger partial charge >= 0.3 is 5.88 Å². The fourth-order valence-electron chi connectivity index (χ4n) is 2.32. The summed E-state index contributed by atoms with van der Waals surface area (Å²) < 4.78 is 4.81. The molecule has 1 aromatic rings. The summed E-state index contributed by atoms with van der Waals surface area (Å²) in [7, 11) is 0. The summed E-state index contributed by atoms with van der Waals surface area (Å²) >= 11 is 0. The largest absolute Gasteiger partial charge is 0.433 e. The van der Waals surface area contributed by atoms with Crippen LogP contribution < -0.4 is 5.32 Å². The van der Waals surface area contributed by atoms with E-state index in [-0.39, 0.29) is 17.8 Å². The number of amides is 1. The zero-order chi connectivity index (χ0) is 13.8. The average molecular weight is 268 g/mol. The van der Waals surface area contributed by atoms with Crippen molar-refractivity contribution in [2.24, 2.45) is 5.92 Å². The number of nitro groups is 1. The molecule has 1 fully saturated rings. The Labute approximate surface area is 109 Å². The van der Waals surface area contributed by atoms with Gasteiger partial charge in [0.1, 0.15) is 4.92 Å². The Balaban J connectivity index is 1.85. The molecule has 2 atom stereocenters. The maximum absolute atomic E-state index is 11.7. The lowest BCUT2D eigenvalue weighted by Crippen LogP contribution is -2.32. The van der Waals surface area contributed by atoms with E-state index >= 15 is 0 Å². The van der Waals surface area contributed by atoms with E-state index in [4.69, 9.17) is 4.42 Å². The van der Waals surface area contributed by atoms with Crippen LogP contribution in [0.1, 0.15) is 36.2 Å². The molecule has 0 spiro atoms.